The summed E-state index contributed by atoms with van der Waals surface area (Å²) in [6.07, 6.45) is 5.72. The highest BCUT2D eigenvalue weighted by atomic mass is 35.5. The van der Waals surface area contributed by atoms with Gasteiger partial charge in [0.1, 0.15) is 17.9 Å². The van der Waals surface area contributed by atoms with Crippen LogP contribution in [-0.2, 0) is 0 Å². The summed E-state index contributed by atoms with van der Waals surface area (Å²) in [5.74, 6) is -0.528. The molecule has 2 aliphatic heterocycles. The first-order chi connectivity index (χ1) is 20.4. The summed E-state index contributed by atoms with van der Waals surface area (Å²) >= 11 is 14.3. The lowest BCUT2D eigenvalue weighted by Gasteiger charge is -2.35. The standard InChI is InChI=1S/C29H28Cl2FN9S/c1-2-40-7-5-20(6-8-40)41-14-25(38-39-41)29(26-15-42-16-35-26)37-19-9-21-27(36-18-3-4-24(32)22(30)10-18)17(12-33)13-34-28(21)23(31)11-19/h3-4,9-11,13-16,20,29,37-39H,2,5-8H2,1H3,(H,34,36). The van der Waals surface area contributed by atoms with Crippen molar-refractivity contribution in [2.75, 3.05) is 30.3 Å². The Morgan fingerprint density at radius 1 is 1.17 bits per heavy atom. The lowest BCUT2D eigenvalue weighted by atomic mass is 10.0. The van der Waals surface area contributed by atoms with Gasteiger partial charge >= 0.3 is 0 Å². The Kier molecular flexibility index (Phi) is 8.33. The van der Waals surface area contributed by atoms with Crippen LogP contribution in [0.1, 0.15) is 37.1 Å². The molecule has 0 bridgehead atoms. The third kappa shape index (κ3) is 5.82. The summed E-state index contributed by atoms with van der Waals surface area (Å²) in [5, 5.41) is 21.8. The number of likely N-dealkylation sites (tertiary alicyclic amines) is 1. The van der Waals surface area contributed by atoms with Crippen molar-refractivity contribution in [3.63, 3.8) is 0 Å². The first-order valence-corrected chi connectivity index (χ1v) is 15.3. The number of anilines is 3. The third-order valence-electron chi connectivity index (χ3n) is 7.61. The van der Waals surface area contributed by atoms with Gasteiger partial charge in [-0.2, -0.15) is 5.26 Å². The van der Waals surface area contributed by atoms with Gasteiger partial charge in [0.15, 0.2) is 0 Å². The van der Waals surface area contributed by atoms with E-state index in [-0.39, 0.29) is 11.1 Å². The van der Waals surface area contributed by atoms with Gasteiger partial charge in [-0.15, -0.1) is 16.9 Å². The monoisotopic (exact) mass is 623 g/mol. The average Bonchev–Trinajstić information content (AvgIpc) is 3.72. The van der Waals surface area contributed by atoms with E-state index in [4.69, 9.17) is 23.2 Å². The van der Waals surface area contributed by atoms with Crippen molar-refractivity contribution in [2.24, 2.45) is 0 Å². The lowest BCUT2D eigenvalue weighted by molar-refractivity contribution is 0.112. The average molecular weight is 625 g/mol. The molecular formula is C29H28Cl2FN9S. The minimum Gasteiger partial charge on any atom is -0.371 e. The van der Waals surface area contributed by atoms with E-state index in [1.54, 1.807) is 11.6 Å². The van der Waals surface area contributed by atoms with E-state index in [1.165, 1.54) is 29.7 Å². The highest BCUT2D eigenvalue weighted by Crippen LogP contribution is 2.37. The molecule has 42 heavy (non-hydrogen) atoms. The smallest absolute Gasteiger partial charge is 0.141 e. The van der Waals surface area contributed by atoms with Crippen molar-refractivity contribution >= 4 is 62.5 Å². The number of nitriles is 1. The van der Waals surface area contributed by atoms with Gasteiger partial charge in [0.2, 0.25) is 0 Å². The van der Waals surface area contributed by atoms with Crippen molar-refractivity contribution in [1.29, 1.82) is 5.26 Å². The number of nitrogens with one attached hydrogen (secondary N) is 4. The largest absolute Gasteiger partial charge is 0.371 e. The maximum absolute atomic E-state index is 13.8. The van der Waals surface area contributed by atoms with Crippen molar-refractivity contribution in [3.05, 3.63) is 86.4 Å². The Morgan fingerprint density at radius 2 is 1.98 bits per heavy atom. The molecule has 1 fully saturated rings. The molecule has 4 aromatic rings. The number of benzene rings is 2. The Labute approximate surface area is 256 Å². The van der Waals surface area contributed by atoms with E-state index in [1.807, 2.05) is 17.5 Å². The number of nitrogens with zero attached hydrogens (tertiary/aromatic N) is 5. The molecule has 0 spiro atoms. The van der Waals surface area contributed by atoms with Gasteiger partial charge in [0, 0.05) is 53.7 Å². The zero-order valence-electron chi connectivity index (χ0n) is 22.7. The molecule has 1 saturated heterocycles. The lowest BCUT2D eigenvalue weighted by Crippen LogP contribution is -2.48. The van der Waals surface area contributed by atoms with Crippen molar-refractivity contribution in [1.82, 2.24) is 30.8 Å². The number of pyridine rings is 1. The molecule has 2 aromatic carbocycles. The maximum Gasteiger partial charge on any atom is 0.141 e. The van der Waals surface area contributed by atoms with Crippen LogP contribution in [0.5, 0.6) is 0 Å². The quantitative estimate of drug-likeness (QED) is 0.174. The predicted molar refractivity (Wildman–Crippen MR) is 166 cm³/mol. The van der Waals surface area contributed by atoms with Crippen LogP contribution in [-0.4, -0.2) is 45.6 Å². The Hall–Kier alpha value is -3.66. The number of piperidine rings is 1. The summed E-state index contributed by atoms with van der Waals surface area (Å²) in [6, 6.07) is 10.2. The molecular weight excluding hydrogens is 596 g/mol. The molecule has 13 heteroatoms. The summed E-state index contributed by atoms with van der Waals surface area (Å²) < 4.78 is 13.8. The molecule has 1 atom stereocenters. The zero-order chi connectivity index (χ0) is 29.2. The molecule has 9 nitrogen and oxygen atoms in total. The van der Waals surface area contributed by atoms with Crippen LogP contribution in [0.2, 0.25) is 10.0 Å². The van der Waals surface area contributed by atoms with Gasteiger partial charge in [-0.25, -0.2) is 9.37 Å². The molecule has 4 N–H and O–H groups in total. The van der Waals surface area contributed by atoms with Crippen LogP contribution < -0.4 is 21.6 Å². The van der Waals surface area contributed by atoms with E-state index in [0.717, 1.165) is 43.9 Å². The van der Waals surface area contributed by atoms with E-state index in [2.05, 4.69) is 60.7 Å². The maximum atomic E-state index is 13.8. The number of fused-ring (bicyclic) bond motifs is 1. The third-order valence-corrected chi connectivity index (χ3v) is 8.79. The van der Waals surface area contributed by atoms with Gasteiger partial charge in [0.05, 0.1) is 43.7 Å². The molecule has 0 amide bonds. The molecule has 6 rings (SSSR count). The van der Waals surface area contributed by atoms with E-state index in [9.17, 15) is 9.65 Å². The van der Waals surface area contributed by atoms with Crippen molar-refractivity contribution < 1.29 is 4.39 Å². The zero-order valence-corrected chi connectivity index (χ0v) is 25.0. The van der Waals surface area contributed by atoms with E-state index in [0.29, 0.717) is 44.6 Å². The van der Waals surface area contributed by atoms with E-state index < -0.39 is 5.82 Å². The summed E-state index contributed by atoms with van der Waals surface area (Å²) in [4.78, 5) is 11.5. The van der Waals surface area contributed by atoms with Gasteiger partial charge in [-0.05, 0) is 49.7 Å². The summed E-state index contributed by atoms with van der Waals surface area (Å²) in [6.45, 7) is 5.42. The summed E-state index contributed by atoms with van der Waals surface area (Å²) in [7, 11) is 0. The topological polar surface area (TPSA) is 104 Å². The van der Waals surface area contributed by atoms with Crippen LogP contribution in [0.4, 0.5) is 21.5 Å². The second-order valence-electron chi connectivity index (χ2n) is 10.2. The van der Waals surface area contributed by atoms with Gasteiger partial charge in [-0.1, -0.05) is 30.1 Å². The summed E-state index contributed by atoms with van der Waals surface area (Å²) in [5.41, 5.74) is 12.8. The molecule has 2 aliphatic rings. The van der Waals surface area contributed by atoms with Crippen molar-refractivity contribution in [3.8, 4) is 6.07 Å². The van der Waals surface area contributed by atoms with Gasteiger partial charge < -0.3 is 21.0 Å². The first-order valence-electron chi connectivity index (χ1n) is 13.6. The van der Waals surface area contributed by atoms with Crippen LogP contribution in [0.25, 0.3) is 10.9 Å². The van der Waals surface area contributed by atoms with Crippen LogP contribution in [0.3, 0.4) is 0 Å². The Morgan fingerprint density at radius 3 is 2.69 bits per heavy atom. The van der Waals surface area contributed by atoms with Crippen LogP contribution in [0, 0.1) is 17.1 Å². The van der Waals surface area contributed by atoms with Gasteiger partial charge in [-0.3, -0.25) is 9.99 Å². The Bertz CT molecular complexity index is 1670. The molecule has 1 unspecified atom stereocenters. The number of hydrazine groups is 2. The van der Waals surface area contributed by atoms with Crippen LogP contribution >= 0.6 is 34.5 Å². The second kappa shape index (κ2) is 12.3. The van der Waals surface area contributed by atoms with E-state index >= 15 is 0 Å². The van der Waals surface area contributed by atoms with Gasteiger partial charge in [0.25, 0.3) is 0 Å². The molecule has 0 radical (unpaired) electrons. The van der Waals surface area contributed by atoms with Crippen molar-refractivity contribution in [2.45, 2.75) is 31.8 Å². The Balaban J connectivity index is 1.34. The number of aromatic nitrogens is 2. The second-order valence-corrected chi connectivity index (χ2v) is 11.7. The first kappa shape index (κ1) is 28.5. The van der Waals surface area contributed by atoms with Crippen LogP contribution in [0.15, 0.2) is 59.3 Å². The molecule has 2 aromatic heterocycles. The predicted octanol–water partition coefficient (Wildman–Crippen LogP) is 6.56. The number of hydrogen-bond acceptors (Lipinski definition) is 10. The number of rotatable bonds is 8. The minimum absolute atomic E-state index is 0.0285. The number of halogens is 3. The highest BCUT2D eigenvalue weighted by molar-refractivity contribution is 7.07. The minimum atomic E-state index is -0.528. The molecule has 216 valence electrons. The fourth-order valence-corrected chi connectivity index (χ4v) is 6.35. The number of thiazole rings is 1. The normalized spacial score (nSPS) is 16.6. The number of hydrogen-bond donors (Lipinski definition) is 4. The SMILES string of the molecule is CCN1CCC(N2C=C(C(Nc3cc(Cl)c4ncc(C#N)c(Nc5ccc(F)c(Cl)c5)c4c3)c3cscn3)NN2)CC1. The molecule has 0 saturated carbocycles. The fourth-order valence-electron chi connectivity index (χ4n) is 5.32. The fraction of sp³-hybridized carbons (Fsp3) is 0.276. The molecule has 0 aliphatic carbocycles. The highest BCUT2D eigenvalue weighted by Gasteiger charge is 2.29. The molecule has 4 heterocycles.